The maximum Gasteiger partial charge on any atom is 0.269 e. The molecular formula is C11H12ClNO3. The summed E-state index contributed by atoms with van der Waals surface area (Å²) in [7, 11) is 0. The monoisotopic (exact) mass is 241 g/mol. The zero-order valence-corrected chi connectivity index (χ0v) is 9.39. The van der Waals surface area contributed by atoms with Crippen LogP contribution in [0.3, 0.4) is 0 Å². The van der Waals surface area contributed by atoms with Crippen molar-refractivity contribution in [3.05, 3.63) is 39.9 Å². The lowest BCUT2D eigenvalue weighted by atomic mass is 10.1. The lowest BCUT2D eigenvalue weighted by Crippen LogP contribution is -1.94. The molecule has 4 nitrogen and oxygen atoms in total. The highest BCUT2D eigenvalue weighted by molar-refractivity contribution is 6.20. The molecule has 0 aromatic heterocycles. The van der Waals surface area contributed by atoms with Crippen molar-refractivity contribution >= 4 is 23.6 Å². The quantitative estimate of drug-likeness (QED) is 0.253. The highest BCUT2D eigenvalue weighted by Gasteiger charge is 2.11. The van der Waals surface area contributed by atoms with Crippen molar-refractivity contribution in [3.8, 4) is 0 Å². The van der Waals surface area contributed by atoms with Crippen LogP contribution in [0, 0.1) is 10.1 Å². The van der Waals surface area contributed by atoms with Gasteiger partial charge in [0.1, 0.15) is 6.29 Å². The van der Waals surface area contributed by atoms with Crippen LogP contribution in [0.25, 0.3) is 0 Å². The average molecular weight is 242 g/mol. The van der Waals surface area contributed by atoms with Gasteiger partial charge in [-0.15, -0.1) is 11.6 Å². The first kappa shape index (κ1) is 12.6. The first-order chi connectivity index (χ1) is 7.65. The van der Waals surface area contributed by atoms with Gasteiger partial charge in [0.25, 0.3) is 5.69 Å². The molecule has 1 unspecified atom stereocenters. The van der Waals surface area contributed by atoms with E-state index < -0.39 is 4.92 Å². The average Bonchev–Trinajstić information content (AvgIpc) is 2.29. The van der Waals surface area contributed by atoms with Crippen LogP contribution < -0.4 is 0 Å². The predicted octanol–water partition coefficient (Wildman–Crippen LogP) is 3.24. The fourth-order valence-corrected chi connectivity index (χ4v) is 1.67. The maximum absolute atomic E-state index is 10.6. The van der Waals surface area contributed by atoms with Crippen molar-refractivity contribution in [3.63, 3.8) is 0 Å². The number of rotatable bonds is 6. The Bertz CT molecular complexity index is 381. The van der Waals surface area contributed by atoms with Gasteiger partial charge in [-0.25, -0.2) is 0 Å². The van der Waals surface area contributed by atoms with Crippen molar-refractivity contribution in [1.82, 2.24) is 0 Å². The number of hydrogen-bond donors (Lipinski definition) is 0. The molecule has 5 heteroatoms. The molecule has 0 radical (unpaired) electrons. The summed E-state index contributed by atoms with van der Waals surface area (Å²) in [6, 6.07) is 6.27. The fraction of sp³-hybridized carbons (Fsp3) is 0.364. The Labute approximate surface area is 98.4 Å². The van der Waals surface area contributed by atoms with E-state index in [0.29, 0.717) is 19.3 Å². The Morgan fingerprint density at radius 3 is 2.88 bits per heavy atom. The van der Waals surface area contributed by atoms with E-state index in [0.717, 1.165) is 11.8 Å². The van der Waals surface area contributed by atoms with Crippen molar-refractivity contribution in [2.45, 2.75) is 24.6 Å². The van der Waals surface area contributed by atoms with Gasteiger partial charge in [0, 0.05) is 18.6 Å². The number of nitrogens with zero attached hydrogens (tertiary/aromatic N) is 1. The molecule has 0 spiro atoms. The number of halogens is 1. The van der Waals surface area contributed by atoms with Crippen LogP contribution in [0.2, 0.25) is 0 Å². The van der Waals surface area contributed by atoms with Crippen LogP contribution in [0.4, 0.5) is 5.69 Å². The second kappa shape index (κ2) is 6.23. The molecule has 1 rings (SSSR count). The van der Waals surface area contributed by atoms with Crippen LogP contribution in [-0.2, 0) is 4.79 Å². The molecule has 0 aliphatic carbocycles. The Hall–Kier alpha value is -1.42. The number of benzene rings is 1. The van der Waals surface area contributed by atoms with Gasteiger partial charge in [-0.2, -0.15) is 0 Å². The lowest BCUT2D eigenvalue weighted by molar-refractivity contribution is -0.384. The minimum absolute atomic E-state index is 0.0403. The van der Waals surface area contributed by atoms with Crippen molar-refractivity contribution in [1.29, 1.82) is 0 Å². The molecule has 0 aliphatic rings. The zero-order valence-electron chi connectivity index (χ0n) is 8.64. The summed E-state index contributed by atoms with van der Waals surface area (Å²) < 4.78 is 0. The van der Waals surface area contributed by atoms with Crippen LogP contribution in [0.5, 0.6) is 0 Å². The Balaban J connectivity index is 2.67. The molecule has 1 aromatic rings. The first-order valence-electron chi connectivity index (χ1n) is 4.97. The molecular weight excluding hydrogens is 230 g/mol. The molecule has 0 saturated heterocycles. The lowest BCUT2D eigenvalue weighted by Gasteiger charge is -2.08. The van der Waals surface area contributed by atoms with Gasteiger partial charge in [-0.05, 0) is 18.4 Å². The maximum atomic E-state index is 10.6. The molecule has 1 aromatic carbocycles. The number of nitro benzene ring substituents is 1. The Morgan fingerprint density at radius 2 is 2.25 bits per heavy atom. The van der Waals surface area contributed by atoms with E-state index in [-0.39, 0.29) is 11.1 Å². The Morgan fingerprint density at radius 1 is 1.50 bits per heavy atom. The number of nitro groups is 1. The van der Waals surface area contributed by atoms with Gasteiger partial charge in [0.2, 0.25) is 0 Å². The van der Waals surface area contributed by atoms with E-state index in [2.05, 4.69) is 0 Å². The second-order valence-corrected chi connectivity index (χ2v) is 3.94. The van der Waals surface area contributed by atoms with Crippen LogP contribution >= 0.6 is 11.6 Å². The summed E-state index contributed by atoms with van der Waals surface area (Å²) in [5.74, 6) is 0. The smallest absolute Gasteiger partial charge is 0.269 e. The normalized spacial score (nSPS) is 12.1. The molecule has 0 amide bonds. The molecule has 1 atom stereocenters. The van der Waals surface area contributed by atoms with Crippen molar-refractivity contribution in [2.24, 2.45) is 0 Å². The molecule has 0 heterocycles. The second-order valence-electron chi connectivity index (χ2n) is 3.42. The van der Waals surface area contributed by atoms with Crippen LogP contribution in [0.15, 0.2) is 24.3 Å². The molecule has 0 N–H and O–H groups in total. The minimum Gasteiger partial charge on any atom is -0.303 e. The fourth-order valence-electron chi connectivity index (χ4n) is 1.38. The highest BCUT2D eigenvalue weighted by atomic mass is 35.5. The van der Waals surface area contributed by atoms with Gasteiger partial charge >= 0.3 is 0 Å². The number of carbonyl (C=O) groups is 1. The van der Waals surface area contributed by atoms with Crippen molar-refractivity contribution in [2.75, 3.05) is 0 Å². The van der Waals surface area contributed by atoms with E-state index in [4.69, 9.17) is 11.6 Å². The van der Waals surface area contributed by atoms with Crippen molar-refractivity contribution < 1.29 is 9.72 Å². The van der Waals surface area contributed by atoms with Gasteiger partial charge in [0.05, 0.1) is 10.3 Å². The van der Waals surface area contributed by atoms with E-state index in [1.54, 1.807) is 12.1 Å². The van der Waals surface area contributed by atoms with Crippen LogP contribution in [-0.4, -0.2) is 11.2 Å². The number of alkyl halides is 1. The van der Waals surface area contributed by atoms with Crippen LogP contribution in [0.1, 0.15) is 30.2 Å². The van der Waals surface area contributed by atoms with E-state index >= 15 is 0 Å². The molecule has 0 fully saturated rings. The number of aldehydes is 1. The standard InChI is InChI=1S/C11H12ClNO3/c12-11(6-1-2-7-14)9-4-3-5-10(8-9)13(15)16/h3-5,7-8,11H,1-2,6H2. The molecule has 0 aliphatic heterocycles. The summed E-state index contributed by atoms with van der Waals surface area (Å²) in [6.45, 7) is 0. The molecule has 86 valence electrons. The van der Waals surface area contributed by atoms with E-state index in [1.807, 2.05) is 0 Å². The SMILES string of the molecule is O=CCCCC(Cl)c1cccc([N+](=O)[O-])c1. The first-order valence-corrected chi connectivity index (χ1v) is 5.41. The summed E-state index contributed by atoms with van der Waals surface area (Å²) in [6.07, 6.45) is 2.65. The third-order valence-electron chi connectivity index (χ3n) is 2.22. The van der Waals surface area contributed by atoms with E-state index in [1.165, 1.54) is 12.1 Å². The highest BCUT2D eigenvalue weighted by Crippen LogP contribution is 2.28. The third-order valence-corrected chi connectivity index (χ3v) is 2.69. The van der Waals surface area contributed by atoms with E-state index in [9.17, 15) is 14.9 Å². The third kappa shape index (κ3) is 3.62. The summed E-state index contributed by atoms with van der Waals surface area (Å²) in [4.78, 5) is 20.2. The zero-order chi connectivity index (χ0) is 12.0. The Kier molecular flexibility index (Phi) is 4.92. The predicted molar refractivity (Wildman–Crippen MR) is 61.6 cm³/mol. The number of non-ortho nitro benzene ring substituents is 1. The summed E-state index contributed by atoms with van der Waals surface area (Å²) in [5.41, 5.74) is 0.764. The topological polar surface area (TPSA) is 60.2 Å². The number of carbonyl (C=O) groups excluding carboxylic acids is 1. The van der Waals surface area contributed by atoms with Gasteiger partial charge in [-0.1, -0.05) is 12.1 Å². The van der Waals surface area contributed by atoms with Gasteiger partial charge in [-0.3, -0.25) is 10.1 Å². The largest absolute Gasteiger partial charge is 0.303 e. The molecule has 0 bridgehead atoms. The number of hydrogen-bond acceptors (Lipinski definition) is 3. The summed E-state index contributed by atoms with van der Waals surface area (Å²) >= 11 is 6.08. The molecule has 16 heavy (non-hydrogen) atoms. The molecule has 0 saturated carbocycles. The minimum atomic E-state index is -0.446. The van der Waals surface area contributed by atoms with Gasteiger partial charge in [0.15, 0.2) is 0 Å². The summed E-state index contributed by atoms with van der Waals surface area (Å²) in [5, 5.41) is 10.3. The number of unbranched alkanes of at least 4 members (excludes halogenated alkanes) is 1. The van der Waals surface area contributed by atoms with Gasteiger partial charge < -0.3 is 4.79 Å².